The van der Waals surface area contributed by atoms with Crippen molar-refractivity contribution in [2.75, 3.05) is 6.61 Å². The minimum Gasteiger partial charge on any atom is -0.395 e. The third-order valence-electron chi connectivity index (χ3n) is 2.72. The summed E-state index contributed by atoms with van der Waals surface area (Å²) in [5.41, 5.74) is 0.295. The van der Waals surface area contributed by atoms with Crippen molar-refractivity contribution in [3.8, 4) is 0 Å². The van der Waals surface area contributed by atoms with Crippen LogP contribution in [-0.2, 0) is 0 Å². The second-order valence-corrected chi connectivity index (χ2v) is 5.13. The summed E-state index contributed by atoms with van der Waals surface area (Å²) in [5.74, 6) is -0.362. The lowest BCUT2D eigenvalue weighted by Crippen LogP contribution is -2.09. The first-order valence-electron chi connectivity index (χ1n) is 5.24. The van der Waals surface area contributed by atoms with Crippen molar-refractivity contribution < 1.29 is 9.50 Å². The average molecular weight is 268 g/mol. The zero-order valence-corrected chi connectivity index (χ0v) is 9.89. The Morgan fingerprint density at radius 1 is 1.56 bits per heavy atom. The quantitative estimate of drug-likeness (QED) is 0.832. The Morgan fingerprint density at radius 3 is 3.11 bits per heavy atom. The van der Waals surface area contributed by atoms with Gasteiger partial charge in [0.2, 0.25) is 0 Å². The lowest BCUT2D eigenvalue weighted by Gasteiger charge is -2.11. The van der Waals surface area contributed by atoms with Gasteiger partial charge in [0, 0.05) is 0 Å². The standard InChI is InChI=1S/C10H9FN4O2S/c11-5-1-7(18-6(5)2-16)15-4-14-8-9(15)12-3-13-10(8)17/h1,3-4,6-7,16H,2H2,(H,12,13,17)/t6-,7-/m0/s1. The van der Waals surface area contributed by atoms with Crippen molar-refractivity contribution in [1.82, 2.24) is 19.5 Å². The molecule has 0 spiro atoms. The summed E-state index contributed by atoms with van der Waals surface area (Å²) in [4.78, 5) is 21.9. The molecule has 2 aromatic rings. The van der Waals surface area contributed by atoms with Crippen molar-refractivity contribution in [3.63, 3.8) is 0 Å². The Morgan fingerprint density at radius 2 is 2.39 bits per heavy atom. The zero-order chi connectivity index (χ0) is 12.7. The fourth-order valence-electron chi connectivity index (χ4n) is 1.84. The molecule has 0 amide bonds. The van der Waals surface area contributed by atoms with E-state index in [2.05, 4.69) is 15.0 Å². The van der Waals surface area contributed by atoms with Gasteiger partial charge < -0.3 is 10.1 Å². The number of aliphatic hydroxyl groups is 1. The van der Waals surface area contributed by atoms with Crippen LogP contribution >= 0.6 is 11.8 Å². The SMILES string of the molecule is O=c1[nH]cnc2c1ncn2[C@@H]1C=C(F)[C@H](CO)S1. The number of rotatable bonds is 2. The fraction of sp³-hybridized carbons (Fsp3) is 0.300. The zero-order valence-electron chi connectivity index (χ0n) is 9.08. The van der Waals surface area contributed by atoms with Gasteiger partial charge in [0.1, 0.15) is 11.2 Å². The van der Waals surface area contributed by atoms with E-state index in [0.29, 0.717) is 5.65 Å². The van der Waals surface area contributed by atoms with Crippen LogP contribution in [0.4, 0.5) is 4.39 Å². The third kappa shape index (κ3) is 1.65. The van der Waals surface area contributed by atoms with E-state index in [1.165, 1.54) is 30.5 Å². The Kier molecular flexibility index (Phi) is 2.67. The minimum absolute atomic E-state index is 0.222. The normalized spacial score (nSPS) is 23.6. The maximum absolute atomic E-state index is 13.5. The molecule has 2 atom stereocenters. The van der Waals surface area contributed by atoms with Gasteiger partial charge in [-0.25, -0.2) is 14.4 Å². The molecule has 94 valence electrons. The third-order valence-corrected chi connectivity index (χ3v) is 4.06. The summed E-state index contributed by atoms with van der Waals surface area (Å²) in [6.07, 6.45) is 4.13. The van der Waals surface area contributed by atoms with Crippen molar-refractivity contribution in [3.05, 3.63) is 34.9 Å². The van der Waals surface area contributed by atoms with Crippen molar-refractivity contribution in [2.24, 2.45) is 0 Å². The van der Waals surface area contributed by atoms with Crippen LogP contribution in [-0.4, -0.2) is 36.5 Å². The number of aromatic amines is 1. The molecule has 6 nitrogen and oxygen atoms in total. The number of nitrogens with zero attached hydrogens (tertiary/aromatic N) is 3. The van der Waals surface area contributed by atoms with E-state index in [4.69, 9.17) is 5.11 Å². The topological polar surface area (TPSA) is 83.8 Å². The average Bonchev–Trinajstić information content (AvgIpc) is 2.93. The number of hydrogen-bond donors (Lipinski definition) is 2. The summed E-state index contributed by atoms with van der Waals surface area (Å²) in [7, 11) is 0. The molecule has 3 heterocycles. The van der Waals surface area contributed by atoms with Crippen molar-refractivity contribution in [1.29, 1.82) is 0 Å². The predicted molar refractivity (Wildman–Crippen MR) is 64.8 cm³/mol. The summed E-state index contributed by atoms with van der Waals surface area (Å²) < 4.78 is 15.1. The van der Waals surface area contributed by atoms with Crippen LogP contribution in [0.5, 0.6) is 0 Å². The van der Waals surface area contributed by atoms with Gasteiger partial charge in [-0.1, -0.05) is 0 Å². The summed E-state index contributed by atoms with van der Waals surface area (Å²) >= 11 is 1.25. The molecule has 8 heteroatoms. The number of hydrogen-bond acceptors (Lipinski definition) is 5. The second kappa shape index (κ2) is 4.21. The second-order valence-electron chi connectivity index (χ2n) is 3.81. The highest BCUT2D eigenvalue weighted by molar-refractivity contribution is 8.00. The minimum atomic E-state index is -0.561. The Balaban J connectivity index is 2.07. The van der Waals surface area contributed by atoms with Crippen molar-refractivity contribution in [2.45, 2.75) is 10.6 Å². The van der Waals surface area contributed by atoms with Crippen LogP contribution in [0.2, 0.25) is 0 Å². The molecule has 0 saturated carbocycles. The molecular weight excluding hydrogens is 259 g/mol. The Labute approximate surface area is 105 Å². The van der Waals surface area contributed by atoms with Crippen LogP contribution < -0.4 is 5.56 Å². The van der Waals surface area contributed by atoms with Gasteiger partial charge in [-0.05, 0) is 6.08 Å². The molecule has 1 aliphatic heterocycles. The van der Waals surface area contributed by atoms with Gasteiger partial charge >= 0.3 is 0 Å². The lowest BCUT2D eigenvalue weighted by molar-refractivity contribution is 0.295. The molecule has 0 aromatic carbocycles. The number of H-pyrrole nitrogens is 1. The number of halogens is 1. The molecule has 0 fully saturated rings. The Hall–Kier alpha value is -1.67. The smallest absolute Gasteiger partial charge is 0.278 e. The first kappa shape index (κ1) is 11.4. The van der Waals surface area contributed by atoms with Gasteiger partial charge in [-0.3, -0.25) is 9.36 Å². The van der Waals surface area contributed by atoms with Gasteiger partial charge in [0.15, 0.2) is 11.2 Å². The van der Waals surface area contributed by atoms with Gasteiger partial charge in [0.25, 0.3) is 5.56 Å². The van der Waals surface area contributed by atoms with Crippen LogP contribution in [0.25, 0.3) is 11.2 Å². The molecule has 3 rings (SSSR count). The summed E-state index contributed by atoms with van der Waals surface area (Å²) in [6, 6.07) is 0. The van der Waals surface area contributed by atoms with E-state index < -0.39 is 5.25 Å². The molecule has 2 N–H and O–H groups in total. The van der Waals surface area contributed by atoms with E-state index in [1.807, 2.05) is 0 Å². The molecule has 0 aliphatic carbocycles. The molecular formula is C10H9FN4O2S. The van der Waals surface area contributed by atoms with Gasteiger partial charge in [-0.15, -0.1) is 11.8 Å². The number of aliphatic hydroxyl groups excluding tert-OH is 1. The largest absolute Gasteiger partial charge is 0.395 e. The van der Waals surface area contributed by atoms with E-state index in [1.54, 1.807) is 4.57 Å². The fourth-order valence-corrected chi connectivity index (χ4v) is 2.97. The number of aromatic nitrogens is 4. The van der Waals surface area contributed by atoms with Gasteiger partial charge in [-0.2, -0.15) is 0 Å². The number of thioether (sulfide) groups is 1. The van der Waals surface area contributed by atoms with Gasteiger partial charge in [0.05, 0.1) is 24.5 Å². The first-order chi connectivity index (χ1) is 8.70. The number of nitrogens with one attached hydrogen (secondary N) is 1. The van der Waals surface area contributed by atoms with Crippen molar-refractivity contribution >= 4 is 22.9 Å². The molecule has 0 unspecified atom stereocenters. The highest BCUT2D eigenvalue weighted by Crippen LogP contribution is 2.41. The first-order valence-corrected chi connectivity index (χ1v) is 6.18. The number of fused-ring (bicyclic) bond motifs is 1. The lowest BCUT2D eigenvalue weighted by atomic mass is 10.3. The Bertz CT molecular complexity index is 680. The van der Waals surface area contributed by atoms with E-state index in [0.717, 1.165) is 0 Å². The maximum Gasteiger partial charge on any atom is 0.278 e. The highest BCUT2D eigenvalue weighted by Gasteiger charge is 2.29. The summed E-state index contributed by atoms with van der Waals surface area (Å²) in [5, 5.41) is 8.11. The van der Waals surface area contributed by atoms with Crippen LogP contribution in [0.1, 0.15) is 5.37 Å². The van der Waals surface area contributed by atoms with Crippen LogP contribution in [0, 0.1) is 0 Å². The predicted octanol–water partition coefficient (Wildman–Crippen LogP) is 0.579. The van der Waals surface area contributed by atoms with E-state index in [-0.39, 0.29) is 28.9 Å². The van der Waals surface area contributed by atoms with E-state index in [9.17, 15) is 9.18 Å². The molecule has 0 radical (unpaired) electrons. The maximum atomic E-state index is 13.5. The van der Waals surface area contributed by atoms with Crippen LogP contribution in [0.15, 0.2) is 29.4 Å². The van der Waals surface area contributed by atoms with Crippen LogP contribution in [0.3, 0.4) is 0 Å². The molecule has 1 aliphatic rings. The van der Waals surface area contributed by atoms with E-state index >= 15 is 0 Å². The molecule has 2 aromatic heterocycles. The summed E-state index contributed by atoms with van der Waals surface area (Å²) in [6.45, 7) is -0.260. The molecule has 0 saturated heterocycles. The monoisotopic (exact) mass is 268 g/mol. The molecule has 0 bridgehead atoms. The number of imidazole rings is 1. The highest BCUT2D eigenvalue weighted by atomic mass is 32.2. The molecule has 18 heavy (non-hydrogen) atoms.